The first-order chi connectivity index (χ1) is 9.22. The third-order valence-electron chi connectivity index (χ3n) is 3.69. The molecule has 0 atom stereocenters. The zero-order valence-electron chi connectivity index (χ0n) is 11.8. The second kappa shape index (κ2) is 8.22. The number of carbonyl (C=O) groups excluding carboxylic acids is 1. The highest BCUT2D eigenvalue weighted by atomic mass is 35.5. The summed E-state index contributed by atoms with van der Waals surface area (Å²) >= 11 is 0. The molecule has 5 heteroatoms. The normalized spacial score (nSPS) is 15.8. The number of rotatable bonds is 4. The Morgan fingerprint density at radius 3 is 2.60 bits per heavy atom. The van der Waals surface area contributed by atoms with E-state index in [1.165, 1.54) is 6.07 Å². The Kier molecular flexibility index (Phi) is 6.96. The minimum atomic E-state index is -0.428. The molecule has 20 heavy (non-hydrogen) atoms. The molecule has 1 N–H and O–H groups in total. The highest BCUT2D eigenvalue weighted by Gasteiger charge is 2.24. The van der Waals surface area contributed by atoms with Gasteiger partial charge in [0.15, 0.2) is 0 Å². The topological polar surface area (TPSA) is 32.3 Å². The first-order valence-corrected chi connectivity index (χ1v) is 6.97. The van der Waals surface area contributed by atoms with Crippen LogP contribution < -0.4 is 5.32 Å². The number of nitrogens with zero attached hydrogens (tertiary/aromatic N) is 1. The Bertz CT molecular complexity index is 434. The molecule has 0 bridgehead atoms. The number of halogens is 2. The van der Waals surface area contributed by atoms with Crippen LogP contribution >= 0.6 is 12.4 Å². The predicted octanol–water partition coefficient (Wildman–Crippen LogP) is 2.71. The molecule has 2 rings (SSSR count). The van der Waals surface area contributed by atoms with E-state index in [0.717, 1.165) is 39.0 Å². The smallest absolute Gasteiger partial charge is 0.256 e. The molecule has 1 saturated heterocycles. The number of carbonyl (C=O) groups is 1. The average Bonchev–Trinajstić information content (AvgIpc) is 2.45. The van der Waals surface area contributed by atoms with E-state index in [0.29, 0.717) is 5.92 Å². The fourth-order valence-corrected chi connectivity index (χ4v) is 2.49. The zero-order chi connectivity index (χ0) is 13.7. The van der Waals surface area contributed by atoms with E-state index in [4.69, 9.17) is 0 Å². The zero-order valence-corrected chi connectivity index (χ0v) is 12.6. The quantitative estimate of drug-likeness (QED) is 0.927. The van der Waals surface area contributed by atoms with Crippen molar-refractivity contribution in [3.8, 4) is 0 Å². The molecular weight excluding hydrogens is 279 g/mol. The van der Waals surface area contributed by atoms with Crippen LogP contribution in [0.1, 0.15) is 30.1 Å². The van der Waals surface area contributed by atoms with Gasteiger partial charge in [-0.15, -0.1) is 12.4 Å². The molecule has 1 heterocycles. The number of hydrogen-bond acceptors (Lipinski definition) is 2. The lowest BCUT2D eigenvalue weighted by Gasteiger charge is -2.32. The Labute approximate surface area is 125 Å². The molecule has 3 nitrogen and oxygen atoms in total. The summed E-state index contributed by atoms with van der Waals surface area (Å²) < 4.78 is 13.6. The maximum absolute atomic E-state index is 13.6. The van der Waals surface area contributed by atoms with Crippen LogP contribution in [0.5, 0.6) is 0 Å². The van der Waals surface area contributed by atoms with Crippen molar-refractivity contribution in [1.82, 2.24) is 10.2 Å². The van der Waals surface area contributed by atoms with Gasteiger partial charge < -0.3 is 10.2 Å². The van der Waals surface area contributed by atoms with Gasteiger partial charge in [-0.2, -0.15) is 0 Å². The van der Waals surface area contributed by atoms with Crippen LogP contribution in [0.2, 0.25) is 0 Å². The number of piperidine rings is 1. The van der Waals surface area contributed by atoms with Gasteiger partial charge in [-0.3, -0.25) is 4.79 Å². The van der Waals surface area contributed by atoms with E-state index < -0.39 is 5.82 Å². The standard InChI is InChI=1S/C15H21FN2O.ClH/c1-2-17-11-12-7-9-18(10-8-12)15(19)13-5-3-4-6-14(13)16;/h3-6,12,17H,2,7-11H2,1H3;1H. The lowest BCUT2D eigenvalue weighted by molar-refractivity contribution is 0.0685. The fraction of sp³-hybridized carbons (Fsp3) is 0.533. The maximum Gasteiger partial charge on any atom is 0.256 e. The van der Waals surface area contributed by atoms with Crippen LogP contribution in [-0.2, 0) is 0 Å². The lowest BCUT2D eigenvalue weighted by Crippen LogP contribution is -2.41. The van der Waals surface area contributed by atoms with Crippen molar-refractivity contribution in [1.29, 1.82) is 0 Å². The third kappa shape index (κ3) is 4.18. The lowest BCUT2D eigenvalue weighted by atomic mass is 9.96. The first kappa shape index (κ1) is 16.9. The predicted molar refractivity (Wildman–Crippen MR) is 80.8 cm³/mol. The van der Waals surface area contributed by atoms with Crippen molar-refractivity contribution in [2.75, 3.05) is 26.2 Å². The Hall–Kier alpha value is -1.13. The van der Waals surface area contributed by atoms with Crippen molar-refractivity contribution in [3.63, 3.8) is 0 Å². The van der Waals surface area contributed by atoms with E-state index in [2.05, 4.69) is 12.2 Å². The maximum atomic E-state index is 13.6. The van der Waals surface area contributed by atoms with Gasteiger partial charge in [0.05, 0.1) is 5.56 Å². The summed E-state index contributed by atoms with van der Waals surface area (Å²) in [6.45, 7) is 5.54. The van der Waals surface area contributed by atoms with Crippen LogP contribution in [0, 0.1) is 11.7 Å². The minimum Gasteiger partial charge on any atom is -0.339 e. The van der Waals surface area contributed by atoms with E-state index in [1.54, 1.807) is 23.1 Å². The summed E-state index contributed by atoms with van der Waals surface area (Å²) in [4.78, 5) is 14.0. The molecule has 0 spiro atoms. The van der Waals surface area contributed by atoms with Gasteiger partial charge in [0.2, 0.25) is 0 Å². The van der Waals surface area contributed by atoms with E-state index in [-0.39, 0.29) is 23.9 Å². The van der Waals surface area contributed by atoms with Gasteiger partial charge in [0, 0.05) is 13.1 Å². The molecular formula is C15H22ClFN2O. The molecule has 0 aromatic heterocycles. The molecule has 1 aliphatic heterocycles. The van der Waals surface area contributed by atoms with Gasteiger partial charge >= 0.3 is 0 Å². The van der Waals surface area contributed by atoms with Crippen LogP contribution in [0.4, 0.5) is 4.39 Å². The molecule has 1 fully saturated rings. The summed E-state index contributed by atoms with van der Waals surface area (Å²) in [5, 5.41) is 3.34. The Balaban J connectivity index is 0.00000200. The van der Waals surface area contributed by atoms with Gasteiger partial charge in [-0.25, -0.2) is 4.39 Å². The van der Waals surface area contributed by atoms with Gasteiger partial charge in [-0.05, 0) is 44.0 Å². The van der Waals surface area contributed by atoms with Crippen LogP contribution in [-0.4, -0.2) is 37.0 Å². The molecule has 0 saturated carbocycles. The third-order valence-corrected chi connectivity index (χ3v) is 3.69. The number of hydrogen-bond donors (Lipinski definition) is 1. The van der Waals surface area contributed by atoms with Crippen molar-refractivity contribution < 1.29 is 9.18 Å². The number of nitrogens with one attached hydrogen (secondary N) is 1. The molecule has 1 aromatic carbocycles. The van der Waals surface area contributed by atoms with Crippen LogP contribution in [0.3, 0.4) is 0 Å². The fourth-order valence-electron chi connectivity index (χ4n) is 2.49. The van der Waals surface area contributed by atoms with E-state index in [9.17, 15) is 9.18 Å². The molecule has 1 aromatic rings. The van der Waals surface area contributed by atoms with Crippen LogP contribution in [0.15, 0.2) is 24.3 Å². The molecule has 0 radical (unpaired) electrons. The van der Waals surface area contributed by atoms with Crippen molar-refractivity contribution >= 4 is 18.3 Å². The van der Waals surface area contributed by atoms with Gasteiger partial charge in [0.1, 0.15) is 5.82 Å². The number of benzene rings is 1. The van der Waals surface area contributed by atoms with Crippen molar-refractivity contribution in [2.45, 2.75) is 19.8 Å². The highest BCUT2D eigenvalue weighted by Crippen LogP contribution is 2.19. The summed E-state index contributed by atoms with van der Waals surface area (Å²) in [6.07, 6.45) is 1.99. The van der Waals surface area contributed by atoms with Crippen LogP contribution in [0.25, 0.3) is 0 Å². The number of likely N-dealkylation sites (tertiary alicyclic amines) is 1. The first-order valence-electron chi connectivity index (χ1n) is 6.97. The largest absolute Gasteiger partial charge is 0.339 e. The second-order valence-corrected chi connectivity index (χ2v) is 5.02. The molecule has 0 unspecified atom stereocenters. The highest BCUT2D eigenvalue weighted by molar-refractivity contribution is 5.94. The minimum absolute atomic E-state index is 0. The second-order valence-electron chi connectivity index (χ2n) is 5.02. The van der Waals surface area contributed by atoms with E-state index >= 15 is 0 Å². The van der Waals surface area contributed by atoms with Crippen molar-refractivity contribution in [3.05, 3.63) is 35.6 Å². The molecule has 112 valence electrons. The number of amides is 1. The van der Waals surface area contributed by atoms with Gasteiger partial charge in [-0.1, -0.05) is 19.1 Å². The summed E-state index contributed by atoms with van der Waals surface area (Å²) in [6, 6.07) is 6.20. The molecule has 1 aliphatic rings. The Morgan fingerprint density at radius 1 is 1.35 bits per heavy atom. The summed E-state index contributed by atoms with van der Waals surface area (Å²) in [5.74, 6) is 0.0203. The molecule has 1 amide bonds. The molecule has 0 aliphatic carbocycles. The monoisotopic (exact) mass is 300 g/mol. The average molecular weight is 301 g/mol. The summed E-state index contributed by atoms with van der Waals surface area (Å²) in [5.41, 5.74) is 0.188. The van der Waals surface area contributed by atoms with Gasteiger partial charge in [0.25, 0.3) is 5.91 Å². The Morgan fingerprint density at radius 2 is 2.00 bits per heavy atom. The summed E-state index contributed by atoms with van der Waals surface area (Å²) in [7, 11) is 0. The van der Waals surface area contributed by atoms with E-state index in [1.807, 2.05) is 0 Å². The SMILES string of the molecule is CCNCC1CCN(C(=O)c2ccccc2F)CC1.Cl. The van der Waals surface area contributed by atoms with Crippen molar-refractivity contribution in [2.24, 2.45) is 5.92 Å².